The average molecular weight is 340 g/mol. The van der Waals surface area contributed by atoms with Gasteiger partial charge in [0, 0.05) is 11.6 Å². The predicted molar refractivity (Wildman–Crippen MR) is 97.4 cm³/mol. The third-order valence-electron chi connectivity index (χ3n) is 3.92. The molecule has 0 aliphatic rings. The van der Waals surface area contributed by atoms with Crippen molar-refractivity contribution in [3.63, 3.8) is 0 Å². The Hall–Kier alpha value is -2.82. The average Bonchev–Trinajstić information content (AvgIpc) is 2.61. The fraction of sp³-hybridized carbons (Fsp3) is 0.300. The maximum atomic E-state index is 12.2. The van der Waals surface area contributed by atoms with Crippen molar-refractivity contribution >= 4 is 11.8 Å². The van der Waals surface area contributed by atoms with Crippen LogP contribution in [0.25, 0.3) is 0 Å². The van der Waals surface area contributed by atoms with E-state index in [9.17, 15) is 9.59 Å². The lowest BCUT2D eigenvalue weighted by Crippen LogP contribution is -2.41. The molecular formula is C20H24N2O3. The largest absolute Gasteiger partial charge is 0.481 e. The van der Waals surface area contributed by atoms with Crippen molar-refractivity contribution in [3.8, 4) is 5.75 Å². The Morgan fingerprint density at radius 3 is 2.28 bits per heavy atom. The first-order valence-electron chi connectivity index (χ1n) is 8.36. The molecule has 0 heterocycles. The zero-order valence-corrected chi connectivity index (χ0v) is 14.6. The van der Waals surface area contributed by atoms with E-state index < -0.39 is 12.0 Å². The first-order chi connectivity index (χ1) is 12.0. The Balaban J connectivity index is 1.79. The van der Waals surface area contributed by atoms with Crippen molar-refractivity contribution in [3.05, 3.63) is 65.7 Å². The van der Waals surface area contributed by atoms with Crippen LogP contribution in [0.15, 0.2) is 54.6 Å². The molecule has 0 fully saturated rings. The lowest BCUT2D eigenvalue weighted by Gasteiger charge is -2.19. The van der Waals surface area contributed by atoms with E-state index in [-0.39, 0.29) is 11.9 Å². The predicted octanol–water partition coefficient (Wildman–Crippen LogP) is 2.69. The van der Waals surface area contributed by atoms with Gasteiger partial charge in [0.25, 0.3) is 5.91 Å². The lowest BCUT2D eigenvalue weighted by molar-refractivity contribution is -0.127. The number of carbonyl (C=O) groups is 2. The summed E-state index contributed by atoms with van der Waals surface area (Å²) in [5.41, 5.74) is 6.85. The molecule has 0 aromatic heterocycles. The number of benzene rings is 2. The van der Waals surface area contributed by atoms with Crippen LogP contribution in [-0.4, -0.2) is 24.0 Å². The van der Waals surface area contributed by atoms with E-state index in [4.69, 9.17) is 10.5 Å². The van der Waals surface area contributed by atoms with Crippen molar-refractivity contribution in [2.75, 3.05) is 0 Å². The van der Waals surface area contributed by atoms with Gasteiger partial charge < -0.3 is 15.8 Å². The molecule has 0 saturated heterocycles. The molecule has 5 nitrogen and oxygen atoms in total. The summed E-state index contributed by atoms with van der Waals surface area (Å²) in [4.78, 5) is 23.3. The van der Waals surface area contributed by atoms with Crippen LogP contribution < -0.4 is 15.8 Å². The highest BCUT2D eigenvalue weighted by Crippen LogP contribution is 2.14. The van der Waals surface area contributed by atoms with Gasteiger partial charge in [0.2, 0.25) is 5.91 Å². The van der Waals surface area contributed by atoms with Crippen LogP contribution >= 0.6 is 0 Å². The van der Waals surface area contributed by atoms with Crippen LogP contribution in [0.3, 0.4) is 0 Å². The smallest absolute Gasteiger partial charge is 0.260 e. The molecule has 2 amide bonds. The Bertz CT molecular complexity index is 699. The number of ether oxygens (including phenoxy) is 1. The number of carbonyl (C=O) groups excluding carboxylic acids is 2. The minimum Gasteiger partial charge on any atom is -0.481 e. The topological polar surface area (TPSA) is 81.4 Å². The highest BCUT2D eigenvalue weighted by molar-refractivity contribution is 5.92. The molecule has 0 aliphatic heterocycles. The van der Waals surface area contributed by atoms with E-state index in [1.54, 1.807) is 31.2 Å². The van der Waals surface area contributed by atoms with Crippen molar-refractivity contribution < 1.29 is 14.3 Å². The maximum Gasteiger partial charge on any atom is 0.260 e. The number of amides is 2. The molecular weight excluding hydrogens is 316 g/mol. The van der Waals surface area contributed by atoms with Gasteiger partial charge in [-0.05, 0) is 56.5 Å². The van der Waals surface area contributed by atoms with E-state index in [0.717, 1.165) is 12.8 Å². The fourth-order valence-corrected chi connectivity index (χ4v) is 2.42. The summed E-state index contributed by atoms with van der Waals surface area (Å²) in [5, 5.41) is 2.96. The van der Waals surface area contributed by atoms with E-state index in [1.807, 2.05) is 25.1 Å². The van der Waals surface area contributed by atoms with Crippen molar-refractivity contribution in [1.82, 2.24) is 5.32 Å². The first kappa shape index (κ1) is 18.5. The molecule has 5 heteroatoms. The summed E-state index contributed by atoms with van der Waals surface area (Å²) in [6.07, 6.45) is 1.14. The molecule has 3 N–H and O–H groups in total. The fourth-order valence-electron chi connectivity index (χ4n) is 2.42. The second-order valence-electron chi connectivity index (χ2n) is 6.08. The molecule has 25 heavy (non-hydrogen) atoms. The van der Waals surface area contributed by atoms with Crippen LogP contribution in [0.1, 0.15) is 36.2 Å². The highest BCUT2D eigenvalue weighted by Gasteiger charge is 2.17. The number of hydrogen-bond donors (Lipinski definition) is 2. The third-order valence-corrected chi connectivity index (χ3v) is 3.92. The molecule has 0 bridgehead atoms. The van der Waals surface area contributed by atoms with Gasteiger partial charge in [-0.1, -0.05) is 30.3 Å². The van der Waals surface area contributed by atoms with Gasteiger partial charge in [-0.3, -0.25) is 9.59 Å². The molecule has 0 saturated carbocycles. The summed E-state index contributed by atoms with van der Waals surface area (Å²) in [5.74, 6) is -0.145. The monoisotopic (exact) mass is 340 g/mol. The summed E-state index contributed by atoms with van der Waals surface area (Å²) in [7, 11) is 0. The summed E-state index contributed by atoms with van der Waals surface area (Å²) >= 11 is 0. The number of rotatable bonds is 8. The van der Waals surface area contributed by atoms with Gasteiger partial charge in [-0.15, -0.1) is 0 Å². The Morgan fingerprint density at radius 1 is 1.04 bits per heavy atom. The van der Waals surface area contributed by atoms with Gasteiger partial charge in [0.15, 0.2) is 6.10 Å². The summed E-state index contributed by atoms with van der Waals surface area (Å²) < 4.78 is 5.61. The van der Waals surface area contributed by atoms with Gasteiger partial charge in [0.1, 0.15) is 5.75 Å². The normalized spacial score (nSPS) is 12.9. The van der Waals surface area contributed by atoms with Crippen LogP contribution in [0.2, 0.25) is 0 Å². The van der Waals surface area contributed by atoms with Crippen LogP contribution in [0.4, 0.5) is 0 Å². The Kier molecular flexibility index (Phi) is 6.57. The molecule has 0 radical (unpaired) electrons. The van der Waals surface area contributed by atoms with Gasteiger partial charge in [0.05, 0.1) is 0 Å². The van der Waals surface area contributed by atoms with Crippen LogP contribution in [0.5, 0.6) is 5.75 Å². The molecule has 0 spiro atoms. The number of nitrogens with two attached hydrogens (primary N) is 1. The van der Waals surface area contributed by atoms with E-state index in [1.165, 1.54) is 5.56 Å². The van der Waals surface area contributed by atoms with Gasteiger partial charge in [-0.2, -0.15) is 0 Å². The summed E-state index contributed by atoms with van der Waals surface area (Å²) in [6.45, 7) is 3.68. The third kappa shape index (κ3) is 5.95. The van der Waals surface area contributed by atoms with Crippen LogP contribution in [0, 0.1) is 0 Å². The molecule has 0 aliphatic carbocycles. The summed E-state index contributed by atoms with van der Waals surface area (Å²) in [6, 6.07) is 16.6. The quantitative estimate of drug-likeness (QED) is 0.775. The second-order valence-corrected chi connectivity index (χ2v) is 6.08. The minimum atomic E-state index is -0.626. The molecule has 2 aromatic carbocycles. The molecule has 132 valence electrons. The maximum absolute atomic E-state index is 12.2. The number of nitrogens with one attached hydrogen (secondary N) is 1. The van der Waals surface area contributed by atoms with Crippen molar-refractivity contribution in [2.24, 2.45) is 5.73 Å². The van der Waals surface area contributed by atoms with Gasteiger partial charge in [-0.25, -0.2) is 0 Å². The standard InChI is InChI=1S/C20H24N2O3/c1-14(8-9-16-6-4-3-5-7-16)22-20(24)15(2)25-18-12-10-17(11-13-18)19(21)23/h3-7,10-15H,8-9H2,1-2H3,(H2,21,23)(H,22,24)/t14-,15+/m1/s1. The van der Waals surface area contributed by atoms with Gasteiger partial charge >= 0.3 is 0 Å². The van der Waals surface area contributed by atoms with Crippen molar-refractivity contribution in [2.45, 2.75) is 38.8 Å². The molecule has 0 unspecified atom stereocenters. The zero-order chi connectivity index (χ0) is 18.2. The number of hydrogen-bond acceptors (Lipinski definition) is 3. The zero-order valence-electron chi connectivity index (χ0n) is 14.6. The number of aryl methyl sites for hydroxylation is 1. The minimum absolute atomic E-state index is 0.0518. The first-order valence-corrected chi connectivity index (χ1v) is 8.36. The Morgan fingerprint density at radius 2 is 1.68 bits per heavy atom. The van der Waals surface area contributed by atoms with E-state index >= 15 is 0 Å². The molecule has 2 atom stereocenters. The highest BCUT2D eigenvalue weighted by atomic mass is 16.5. The Labute approximate surface area is 148 Å². The van der Waals surface area contributed by atoms with Crippen molar-refractivity contribution in [1.29, 1.82) is 0 Å². The lowest BCUT2D eigenvalue weighted by atomic mass is 10.1. The van der Waals surface area contributed by atoms with Crippen LogP contribution in [-0.2, 0) is 11.2 Å². The molecule has 2 rings (SSSR count). The van der Waals surface area contributed by atoms with E-state index in [2.05, 4.69) is 17.4 Å². The van der Waals surface area contributed by atoms with E-state index in [0.29, 0.717) is 11.3 Å². The second kappa shape index (κ2) is 8.87. The SMILES string of the molecule is C[C@H](CCc1ccccc1)NC(=O)[C@H](C)Oc1ccc(C(N)=O)cc1. The number of primary amides is 1. The molecule has 2 aromatic rings.